The number of hydrogen-bond acceptors (Lipinski definition) is 6. The molecule has 0 aromatic heterocycles. The summed E-state index contributed by atoms with van der Waals surface area (Å²) in [6.45, 7) is 0.0404. The maximum Gasteiger partial charge on any atom is 0.254 e. The Morgan fingerprint density at radius 2 is 1.72 bits per heavy atom. The number of hydrogen-bond donors (Lipinski definition) is 2. The second-order valence-electron chi connectivity index (χ2n) is 5.74. The molecule has 2 aromatic rings. The van der Waals surface area contributed by atoms with Crippen molar-refractivity contribution in [1.29, 1.82) is 0 Å². The van der Waals surface area contributed by atoms with Crippen molar-refractivity contribution in [3.63, 3.8) is 0 Å². The minimum atomic E-state index is -0.621. The second-order valence-corrected chi connectivity index (χ2v) is 5.74. The Labute approximate surface area is 167 Å². The maximum absolute atomic E-state index is 13.5. The van der Waals surface area contributed by atoms with E-state index in [9.17, 15) is 14.0 Å². The van der Waals surface area contributed by atoms with Crippen molar-refractivity contribution in [1.82, 2.24) is 10.7 Å². The molecular formula is C20H22FN3O5. The highest BCUT2D eigenvalue weighted by molar-refractivity contribution is 5.94. The molecule has 9 heteroatoms. The molecule has 0 saturated heterocycles. The largest absolute Gasteiger partial charge is 0.493 e. The molecule has 0 radical (unpaired) electrons. The van der Waals surface area contributed by atoms with E-state index in [1.54, 1.807) is 18.2 Å². The van der Waals surface area contributed by atoms with Gasteiger partial charge in [0.1, 0.15) is 5.82 Å². The molecule has 2 aromatic carbocycles. The quantitative estimate of drug-likeness (QED) is 0.494. The zero-order valence-corrected chi connectivity index (χ0v) is 16.3. The van der Waals surface area contributed by atoms with Crippen molar-refractivity contribution in [3.05, 3.63) is 53.3 Å². The average Bonchev–Trinajstić information content (AvgIpc) is 2.73. The highest BCUT2D eigenvalue weighted by Gasteiger charge is 2.13. The Bertz CT molecular complexity index is 876. The Morgan fingerprint density at radius 1 is 1.07 bits per heavy atom. The molecule has 0 heterocycles. The highest BCUT2D eigenvalue weighted by Crippen LogP contribution is 2.37. The topological polar surface area (TPSA) is 98.2 Å². The van der Waals surface area contributed by atoms with Crippen LogP contribution in [0.25, 0.3) is 0 Å². The molecule has 0 bridgehead atoms. The number of benzene rings is 2. The first-order valence-electron chi connectivity index (χ1n) is 8.64. The van der Waals surface area contributed by atoms with Crippen LogP contribution in [-0.2, 0) is 4.79 Å². The van der Waals surface area contributed by atoms with Crippen molar-refractivity contribution >= 4 is 18.0 Å². The van der Waals surface area contributed by atoms with E-state index in [-0.39, 0.29) is 18.5 Å². The van der Waals surface area contributed by atoms with Crippen LogP contribution in [0, 0.1) is 5.82 Å². The summed E-state index contributed by atoms with van der Waals surface area (Å²) in [4.78, 5) is 23.7. The Balaban J connectivity index is 1.87. The summed E-state index contributed by atoms with van der Waals surface area (Å²) in [5.74, 6) is -0.267. The molecule has 154 valence electrons. The lowest BCUT2D eigenvalue weighted by Gasteiger charge is -2.12. The van der Waals surface area contributed by atoms with E-state index in [1.165, 1.54) is 45.7 Å². The van der Waals surface area contributed by atoms with Crippen molar-refractivity contribution in [2.45, 2.75) is 6.42 Å². The van der Waals surface area contributed by atoms with Crippen LogP contribution in [0.1, 0.15) is 22.3 Å². The summed E-state index contributed by atoms with van der Waals surface area (Å²) in [6, 6.07) is 8.96. The first-order valence-corrected chi connectivity index (χ1v) is 8.64. The monoisotopic (exact) mass is 403 g/mol. The highest BCUT2D eigenvalue weighted by atomic mass is 19.1. The van der Waals surface area contributed by atoms with E-state index in [4.69, 9.17) is 14.2 Å². The lowest BCUT2D eigenvalue weighted by molar-refractivity contribution is -0.120. The van der Waals surface area contributed by atoms with Crippen LogP contribution in [0.2, 0.25) is 0 Å². The molecule has 0 spiro atoms. The van der Waals surface area contributed by atoms with Crippen LogP contribution >= 0.6 is 0 Å². The third kappa shape index (κ3) is 5.93. The summed E-state index contributed by atoms with van der Waals surface area (Å²) in [5, 5.41) is 6.35. The SMILES string of the molecule is COc1cc(C=NNC(=O)CCNC(=O)c2ccccc2F)cc(OC)c1OC. The zero-order valence-electron chi connectivity index (χ0n) is 16.3. The molecule has 29 heavy (non-hydrogen) atoms. The van der Waals surface area contributed by atoms with E-state index in [2.05, 4.69) is 15.8 Å². The van der Waals surface area contributed by atoms with Crippen LogP contribution in [0.3, 0.4) is 0 Å². The third-order valence-electron chi connectivity index (χ3n) is 3.85. The summed E-state index contributed by atoms with van der Waals surface area (Å²) < 4.78 is 29.3. The van der Waals surface area contributed by atoms with E-state index in [1.807, 2.05) is 0 Å². The van der Waals surface area contributed by atoms with Crippen LogP contribution in [-0.4, -0.2) is 45.9 Å². The van der Waals surface area contributed by atoms with E-state index in [0.717, 1.165) is 0 Å². The number of nitrogens with one attached hydrogen (secondary N) is 2. The minimum absolute atomic E-state index is 0.0210. The number of ether oxygens (including phenoxy) is 3. The standard InChI is InChI=1S/C20H22FN3O5/c1-27-16-10-13(11-17(28-2)19(16)29-3)12-23-24-18(25)8-9-22-20(26)14-6-4-5-7-15(14)21/h4-7,10-12H,8-9H2,1-3H3,(H,22,26)(H,24,25). The van der Waals surface area contributed by atoms with E-state index >= 15 is 0 Å². The van der Waals surface area contributed by atoms with Crippen molar-refractivity contribution in [2.24, 2.45) is 5.10 Å². The molecule has 0 fully saturated rings. The molecule has 8 nitrogen and oxygen atoms in total. The van der Waals surface area contributed by atoms with Gasteiger partial charge in [0.2, 0.25) is 11.7 Å². The van der Waals surface area contributed by atoms with Gasteiger partial charge in [-0.3, -0.25) is 9.59 Å². The number of carbonyl (C=O) groups excluding carboxylic acids is 2. The van der Waals surface area contributed by atoms with Crippen molar-refractivity contribution in [2.75, 3.05) is 27.9 Å². The predicted octanol–water partition coefficient (Wildman–Crippen LogP) is 2.12. The Hall–Kier alpha value is -3.62. The van der Waals surface area contributed by atoms with Gasteiger partial charge in [-0.05, 0) is 24.3 Å². The normalized spacial score (nSPS) is 10.5. The fourth-order valence-corrected chi connectivity index (χ4v) is 2.44. The molecule has 0 unspecified atom stereocenters. The van der Waals surface area contributed by atoms with Gasteiger partial charge in [0, 0.05) is 18.5 Å². The molecule has 2 rings (SSSR count). The number of amides is 2. The number of nitrogens with zero attached hydrogens (tertiary/aromatic N) is 1. The Kier molecular flexibility index (Phi) is 7.96. The predicted molar refractivity (Wildman–Crippen MR) is 105 cm³/mol. The molecule has 2 N–H and O–H groups in total. The molecule has 0 aliphatic heterocycles. The van der Waals surface area contributed by atoms with Crippen molar-refractivity contribution < 1.29 is 28.2 Å². The van der Waals surface area contributed by atoms with Gasteiger partial charge in [0.25, 0.3) is 5.91 Å². The summed E-state index contributed by atoms with van der Waals surface area (Å²) in [6.07, 6.45) is 1.40. The maximum atomic E-state index is 13.5. The van der Waals surface area contributed by atoms with Gasteiger partial charge in [-0.25, -0.2) is 9.82 Å². The lowest BCUT2D eigenvalue weighted by Crippen LogP contribution is -2.29. The van der Waals surface area contributed by atoms with Gasteiger partial charge >= 0.3 is 0 Å². The average molecular weight is 403 g/mol. The third-order valence-corrected chi connectivity index (χ3v) is 3.85. The van der Waals surface area contributed by atoms with Gasteiger partial charge in [-0.2, -0.15) is 5.10 Å². The van der Waals surface area contributed by atoms with Crippen molar-refractivity contribution in [3.8, 4) is 17.2 Å². The molecular weight excluding hydrogens is 381 g/mol. The summed E-state index contributed by atoms with van der Waals surface area (Å²) in [5.41, 5.74) is 2.89. The number of halogens is 1. The lowest BCUT2D eigenvalue weighted by atomic mass is 10.2. The van der Waals surface area contributed by atoms with Crippen LogP contribution < -0.4 is 25.0 Å². The van der Waals surface area contributed by atoms with Gasteiger partial charge in [0.15, 0.2) is 11.5 Å². The van der Waals surface area contributed by atoms with Gasteiger partial charge in [0.05, 0.1) is 33.1 Å². The fraction of sp³-hybridized carbons (Fsp3) is 0.250. The molecule has 0 aliphatic carbocycles. The van der Waals surface area contributed by atoms with Crippen LogP contribution in [0.4, 0.5) is 4.39 Å². The minimum Gasteiger partial charge on any atom is -0.493 e. The zero-order chi connectivity index (χ0) is 21.2. The Morgan fingerprint density at radius 3 is 2.31 bits per heavy atom. The van der Waals surface area contributed by atoms with E-state index < -0.39 is 17.6 Å². The van der Waals surface area contributed by atoms with E-state index in [0.29, 0.717) is 22.8 Å². The number of rotatable bonds is 9. The molecule has 2 amide bonds. The van der Waals surface area contributed by atoms with Crippen LogP contribution in [0.5, 0.6) is 17.2 Å². The van der Waals surface area contributed by atoms with Gasteiger partial charge in [-0.15, -0.1) is 0 Å². The molecule has 0 aliphatic rings. The summed E-state index contributed by atoms with van der Waals surface area (Å²) in [7, 11) is 4.49. The molecule has 0 atom stereocenters. The van der Waals surface area contributed by atoms with Gasteiger partial charge in [-0.1, -0.05) is 12.1 Å². The summed E-state index contributed by atoms with van der Waals surface area (Å²) >= 11 is 0. The fourth-order valence-electron chi connectivity index (χ4n) is 2.44. The number of hydrazone groups is 1. The first kappa shape index (κ1) is 21.7. The molecule has 0 saturated carbocycles. The second kappa shape index (κ2) is 10.6. The van der Waals surface area contributed by atoms with Crippen LogP contribution in [0.15, 0.2) is 41.5 Å². The number of carbonyl (C=O) groups is 2. The number of methoxy groups -OCH3 is 3. The smallest absolute Gasteiger partial charge is 0.254 e. The first-order chi connectivity index (χ1) is 14.0. The van der Waals surface area contributed by atoms with Gasteiger partial charge < -0.3 is 19.5 Å².